The average Bonchev–Trinajstić information content (AvgIpc) is 3.88. The molecule has 234 valence electrons. The van der Waals surface area contributed by atoms with E-state index in [1.54, 1.807) is 12.1 Å². The second-order valence-corrected chi connectivity index (χ2v) is 12.3. The Kier molecular flexibility index (Phi) is 9.20. The van der Waals surface area contributed by atoms with E-state index in [0.717, 1.165) is 32.1 Å². The van der Waals surface area contributed by atoms with Crippen LogP contribution in [0.5, 0.6) is 0 Å². The van der Waals surface area contributed by atoms with Crippen molar-refractivity contribution in [3.05, 3.63) is 99.6 Å². The van der Waals surface area contributed by atoms with Crippen LogP contribution in [0.2, 0.25) is 0 Å². The molecule has 0 spiro atoms. The van der Waals surface area contributed by atoms with Crippen LogP contribution in [0.25, 0.3) is 16.7 Å². The van der Waals surface area contributed by atoms with E-state index >= 15 is 8.78 Å². The predicted molar refractivity (Wildman–Crippen MR) is 157 cm³/mol. The smallest absolute Gasteiger partial charge is 0.167 e. The molecule has 0 bridgehead atoms. The Morgan fingerprint density at radius 1 is 0.705 bits per heavy atom. The monoisotopic (exact) mass is 614 g/mol. The van der Waals surface area contributed by atoms with E-state index in [2.05, 4.69) is 0 Å². The minimum absolute atomic E-state index is 0.00509. The molecule has 6 rings (SSSR count). The third-order valence-corrected chi connectivity index (χ3v) is 9.44. The summed E-state index contributed by atoms with van der Waals surface area (Å²) >= 11 is 0. The fourth-order valence-electron chi connectivity index (χ4n) is 6.75. The van der Waals surface area contributed by atoms with Crippen LogP contribution in [0, 0.1) is 40.8 Å². The van der Waals surface area contributed by atoms with Crippen LogP contribution in [0.1, 0.15) is 92.6 Å². The van der Waals surface area contributed by atoms with Gasteiger partial charge in [0.15, 0.2) is 34.9 Å². The summed E-state index contributed by atoms with van der Waals surface area (Å²) in [6.45, 7) is 2.81. The fourth-order valence-corrected chi connectivity index (χ4v) is 6.75. The Bertz CT molecular complexity index is 1550. The molecule has 3 aromatic carbocycles. The summed E-state index contributed by atoms with van der Waals surface area (Å²) in [5, 5.41) is 0. The Hall–Kier alpha value is -3.10. The first-order valence-electron chi connectivity index (χ1n) is 15.6. The van der Waals surface area contributed by atoms with Crippen molar-refractivity contribution in [1.82, 2.24) is 0 Å². The van der Waals surface area contributed by atoms with Crippen LogP contribution in [0.4, 0.5) is 26.3 Å². The normalized spacial score (nSPS) is 23.5. The topological polar surface area (TPSA) is 21.8 Å². The third kappa shape index (κ3) is 6.20. The van der Waals surface area contributed by atoms with Crippen molar-refractivity contribution >= 4 is 5.57 Å². The Balaban J connectivity index is 1.03. The van der Waals surface area contributed by atoms with Crippen LogP contribution in [-0.4, -0.2) is 19.3 Å². The molecule has 1 saturated heterocycles. The average molecular weight is 615 g/mol. The molecule has 1 heterocycles. The third-order valence-electron chi connectivity index (χ3n) is 9.44. The molecular weight excluding hydrogens is 578 g/mol. The molecule has 2 nitrogen and oxygen atoms in total. The van der Waals surface area contributed by atoms with E-state index < -0.39 is 41.0 Å². The summed E-state index contributed by atoms with van der Waals surface area (Å²) < 4.78 is 100.0. The summed E-state index contributed by atoms with van der Waals surface area (Å²) in [7, 11) is 0. The van der Waals surface area contributed by atoms with Gasteiger partial charge in [-0.3, -0.25) is 0 Å². The zero-order valence-corrected chi connectivity index (χ0v) is 24.7. The van der Waals surface area contributed by atoms with Gasteiger partial charge in [-0.05, 0) is 79.9 Å². The van der Waals surface area contributed by atoms with Gasteiger partial charge in [0.1, 0.15) is 6.10 Å². The van der Waals surface area contributed by atoms with Gasteiger partial charge >= 0.3 is 0 Å². The molecule has 8 heteroatoms. The Morgan fingerprint density at radius 3 is 1.98 bits per heavy atom. The Morgan fingerprint density at radius 2 is 1.32 bits per heavy atom. The maximum atomic E-state index is 15.2. The molecule has 3 aromatic rings. The number of halogens is 6. The first kappa shape index (κ1) is 30.9. The van der Waals surface area contributed by atoms with Gasteiger partial charge < -0.3 is 9.47 Å². The lowest BCUT2D eigenvalue weighted by atomic mass is 9.78. The highest BCUT2D eigenvalue weighted by molar-refractivity contribution is 5.72. The van der Waals surface area contributed by atoms with Gasteiger partial charge in [0.2, 0.25) is 0 Å². The van der Waals surface area contributed by atoms with Crippen molar-refractivity contribution < 1.29 is 35.8 Å². The number of benzene rings is 3. The predicted octanol–water partition coefficient (Wildman–Crippen LogP) is 10.1. The van der Waals surface area contributed by atoms with Gasteiger partial charge in [0.05, 0.1) is 12.7 Å². The van der Waals surface area contributed by atoms with Crippen LogP contribution < -0.4 is 0 Å². The van der Waals surface area contributed by atoms with E-state index in [1.807, 2.05) is 13.0 Å². The molecular formula is C36H36F6O2. The maximum Gasteiger partial charge on any atom is 0.167 e. The van der Waals surface area contributed by atoms with E-state index in [9.17, 15) is 17.6 Å². The summed E-state index contributed by atoms with van der Waals surface area (Å²) in [4.78, 5) is 0. The first-order valence-corrected chi connectivity index (χ1v) is 15.6. The van der Waals surface area contributed by atoms with Gasteiger partial charge in [-0.1, -0.05) is 55.8 Å². The molecule has 0 N–H and O–H groups in total. The number of hydrogen-bond acceptors (Lipinski definition) is 2. The first-order chi connectivity index (χ1) is 21.3. The molecule has 2 aliphatic carbocycles. The number of aryl methyl sites for hydroxylation is 1. The highest BCUT2D eigenvalue weighted by atomic mass is 19.2. The standard InChI is InChI=1S/C36H36F6O2/c1-2-3-23-10-13-25(32(38)31(23)37)21-6-4-20(5-7-21)18-43-24-11-8-22(9-12-24)26-14-15-27(34(40)33(26)39)28-16-17-29(30-19-44-30)36(42)35(28)41/h8,10,13-17,20-21,24,30H,2-7,9,11-12,18-19H2,1H3. The highest BCUT2D eigenvalue weighted by Gasteiger charge is 2.32. The molecule has 2 unspecified atom stereocenters. The van der Waals surface area contributed by atoms with Crippen molar-refractivity contribution in [3.63, 3.8) is 0 Å². The molecule has 0 radical (unpaired) electrons. The van der Waals surface area contributed by atoms with E-state index in [0.29, 0.717) is 61.5 Å². The molecule has 1 aliphatic heterocycles. The second-order valence-electron chi connectivity index (χ2n) is 12.3. The van der Waals surface area contributed by atoms with Crippen LogP contribution in [-0.2, 0) is 15.9 Å². The molecule has 2 atom stereocenters. The summed E-state index contributed by atoms with van der Waals surface area (Å²) in [6, 6.07) is 8.78. The lowest BCUT2D eigenvalue weighted by Crippen LogP contribution is -2.23. The zero-order valence-electron chi connectivity index (χ0n) is 24.7. The van der Waals surface area contributed by atoms with Gasteiger partial charge in [-0.15, -0.1) is 0 Å². The maximum absolute atomic E-state index is 15.2. The van der Waals surface area contributed by atoms with Crippen molar-refractivity contribution in [3.8, 4) is 11.1 Å². The van der Waals surface area contributed by atoms with Crippen molar-refractivity contribution in [2.45, 2.75) is 82.8 Å². The highest BCUT2D eigenvalue weighted by Crippen LogP contribution is 2.40. The number of hydrogen-bond donors (Lipinski definition) is 0. The van der Waals surface area contributed by atoms with Crippen molar-refractivity contribution in [1.29, 1.82) is 0 Å². The van der Waals surface area contributed by atoms with Crippen molar-refractivity contribution in [2.75, 3.05) is 13.2 Å². The lowest BCUT2D eigenvalue weighted by Gasteiger charge is -2.31. The molecule has 3 aliphatic rings. The number of epoxide rings is 1. The zero-order chi connectivity index (χ0) is 31.0. The summed E-state index contributed by atoms with van der Waals surface area (Å²) in [5.74, 6) is -5.71. The molecule has 1 saturated carbocycles. The summed E-state index contributed by atoms with van der Waals surface area (Å²) in [5.41, 5.74) is 1.07. The van der Waals surface area contributed by atoms with Crippen molar-refractivity contribution in [2.24, 2.45) is 5.92 Å². The van der Waals surface area contributed by atoms with Crippen LogP contribution in [0.3, 0.4) is 0 Å². The van der Waals surface area contributed by atoms with Gasteiger partial charge in [0, 0.05) is 28.9 Å². The lowest BCUT2D eigenvalue weighted by molar-refractivity contribution is 0.0157. The van der Waals surface area contributed by atoms with E-state index in [1.165, 1.54) is 24.3 Å². The molecule has 0 aromatic heterocycles. The fraction of sp³-hybridized carbons (Fsp3) is 0.444. The molecule has 2 fully saturated rings. The minimum atomic E-state index is -1.23. The minimum Gasteiger partial charge on any atom is -0.378 e. The number of allylic oxidation sites excluding steroid dienone is 1. The van der Waals surface area contributed by atoms with Crippen LogP contribution >= 0.6 is 0 Å². The van der Waals surface area contributed by atoms with E-state index in [4.69, 9.17) is 9.47 Å². The summed E-state index contributed by atoms with van der Waals surface area (Å²) in [6.07, 6.45) is 7.58. The van der Waals surface area contributed by atoms with Crippen LogP contribution in [0.15, 0.2) is 42.5 Å². The van der Waals surface area contributed by atoms with Gasteiger partial charge in [0.25, 0.3) is 0 Å². The van der Waals surface area contributed by atoms with Gasteiger partial charge in [-0.2, -0.15) is 0 Å². The molecule has 44 heavy (non-hydrogen) atoms. The Labute approximate surface area is 254 Å². The van der Waals surface area contributed by atoms with Gasteiger partial charge in [-0.25, -0.2) is 26.3 Å². The SMILES string of the molecule is CCCc1ccc(C2CCC(COC3CC=C(c4ccc(-c5ccc(C6CO6)c(F)c5F)c(F)c4F)CC3)CC2)c(F)c1F. The number of rotatable bonds is 9. The number of ether oxygens (including phenoxy) is 2. The largest absolute Gasteiger partial charge is 0.378 e. The quantitative estimate of drug-likeness (QED) is 0.177. The van der Waals surface area contributed by atoms with E-state index in [-0.39, 0.29) is 34.3 Å². The molecule has 0 amide bonds. The second kappa shape index (κ2) is 13.1.